The smallest absolute Gasteiger partial charge is 0.407 e. The van der Waals surface area contributed by atoms with E-state index in [1.54, 1.807) is 26.0 Å². The molecule has 1 aliphatic carbocycles. The summed E-state index contributed by atoms with van der Waals surface area (Å²) < 4.78 is 43.0. The SMILES string of the molecule is [2H]CC(C)(C)OC(=O)C[C@H](NC(=O)OCC1c2ccccc2-c2ccccc21)C(=O)NCc1c(OC)ccc2c1Oc1c(ccc(OC)c1CC(=O)OCc1ccccc1)C2(C)C. The summed E-state index contributed by atoms with van der Waals surface area (Å²) in [6, 6.07) is 31.2. The van der Waals surface area contributed by atoms with E-state index in [0.717, 1.165) is 38.9 Å². The van der Waals surface area contributed by atoms with Crippen LogP contribution < -0.4 is 24.8 Å². The summed E-state index contributed by atoms with van der Waals surface area (Å²) in [4.78, 5) is 54.2. The predicted octanol–water partition coefficient (Wildman–Crippen LogP) is 8.68. The van der Waals surface area contributed by atoms with E-state index in [2.05, 4.69) is 10.6 Å². The maximum Gasteiger partial charge on any atom is 0.407 e. The fraction of sp³-hybridized carbons (Fsp3) is 0.320. The largest absolute Gasteiger partial charge is 0.496 e. The highest BCUT2D eigenvalue weighted by atomic mass is 16.6. The van der Waals surface area contributed by atoms with E-state index in [1.807, 2.05) is 105 Å². The van der Waals surface area contributed by atoms with Crippen LogP contribution in [-0.2, 0) is 53.6 Å². The van der Waals surface area contributed by atoms with Crippen molar-refractivity contribution in [2.24, 2.45) is 0 Å². The van der Waals surface area contributed by atoms with Crippen molar-refractivity contribution in [3.8, 4) is 34.1 Å². The van der Waals surface area contributed by atoms with Crippen molar-refractivity contribution >= 4 is 23.9 Å². The monoisotopic (exact) mass is 841 g/mol. The van der Waals surface area contributed by atoms with Crippen LogP contribution in [0.25, 0.3) is 11.1 Å². The van der Waals surface area contributed by atoms with Gasteiger partial charge in [-0.3, -0.25) is 14.4 Å². The number of hydrogen-bond donors (Lipinski definition) is 2. The summed E-state index contributed by atoms with van der Waals surface area (Å²) in [6.45, 7) is 6.97. The summed E-state index contributed by atoms with van der Waals surface area (Å²) in [5.41, 5.74) is 5.78. The predicted molar refractivity (Wildman–Crippen MR) is 232 cm³/mol. The molecule has 322 valence electrons. The zero-order valence-electron chi connectivity index (χ0n) is 36.8. The minimum absolute atomic E-state index is 0.00993. The van der Waals surface area contributed by atoms with E-state index >= 15 is 0 Å². The zero-order valence-corrected chi connectivity index (χ0v) is 35.8. The molecule has 1 heterocycles. The lowest BCUT2D eigenvalue weighted by molar-refractivity contribution is -0.156. The van der Waals surface area contributed by atoms with Crippen LogP contribution >= 0.6 is 0 Å². The number of hydrogen-bond acceptors (Lipinski definition) is 10. The Labute approximate surface area is 363 Å². The van der Waals surface area contributed by atoms with Crippen molar-refractivity contribution in [3.63, 3.8) is 0 Å². The molecule has 0 fully saturated rings. The molecule has 0 spiro atoms. The Morgan fingerprint density at radius 3 is 1.95 bits per heavy atom. The van der Waals surface area contributed by atoms with Crippen molar-refractivity contribution in [2.75, 3.05) is 20.8 Å². The molecule has 2 aliphatic rings. The molecule has 2 amide bonds. The molecule has 12 nitrogen and oxygen atoms in total. The molecule has 1 aliphatic heterocycles. The van der Waals surface area contributed by atoms with Crippen LogP contribution in [0.3, 0.4) is 0 Å². The van der Waals surface area contributed by atoms with E-state index < -0.39 is 47.4 Å². The van der Waals surface area contributed by atoms with E-state index in [4.69, 9.17) is 29.8 Å². The van der Waals surface area contributed by atoms with E-state index in [1.165, 1.54) is 14.2 Å². The highest BCUT2D eigenvalue weighted by Gasteiger charge is 2.39. The number of methoxy groups -OCH3 is 2. The van der Waals surface area contributed by atoms with Crippen molar-refractivity contribution in [1.29, 1.82) is 0 Å². The highest BCUT2D eigenvalue weighted by Crippen LogP contribution is 2.53. The number of rotatable bonds is 14. The van der Waals surface area contributed by atoms with Crippen molar-refractivity contribution < 1.29 is 49.0 Å². The minimum Gasteiger partial charge on any atom is -0.496 e. The molecule has 0 unspecified atom stereocenters. The number of amides is 2. The maximum atomic E-state index is 14.2. The number of ether oxygens (including phenoxy) is 6. The first-order valence-corrected chi connectivity index (χ1v) is 20.4. The summed E-state index contributed by atoms with van der Waals surface area (Å²) in [5, 5.41) is 5.47. The fourth-order valence-corrected chi connectivity index (χ4v) is 8.14. The fourth-order valence-electron chi connectivity index (χ4n) is 8.14. The zero-order chi connectivity index (χ0) is 44.9. The second-order valence-electron chi connectivity index (χ2n) is 16.5. The van der Waals surface area contributed by atoms with Gasteiger partial charge < -0.3 is 39.1 Å². The first-order valence-electron chi connectivity index (χ1n) is 21.1. The molecule has 62 heavy (non-hydrogen) atoms. The third-order valence-electron chi connectivity index (χ3n) is 11.1. The molecule has 0 bridgehead atoms. The molecule has 0 saturated carbocycles. The van der Waals surface area contributed by atoms with Gasteiger partial charge in [0.1, 0.15) is 47.9 Å². The second kappa shape index (κ2) is 18.0. The number of fused-ring (bicyclic) bond motifs is 5. The number of nitrogens with one attached hydrogen (secondary N) is 2. The number of carbonyl (C=O) groups is 4. The van der Waals surface area contributed by atoms with Gasteiger partial charge in [0.15, 0.2) is 0 Å². The van der Waals surface area contributed by atoms with Gasteiger partial charge in [0.25, 0.3) is 0 Å². The molecule has 0 saturated heterocycles. The molecule has 5 aromatic rings. The Hall–Kier alpha value is -6.82. The maximum absolute atomic E-state index is 14.2. The molecule has 0 radical (unpaired) electrons. The van der Waals surface area contributed by atoms with Gasteiger partial charge >= 0.3 is 18.0 Å². The van der Waals surface area contributed by atoms with E-state index in [9.17, 15) is 19.2 Å². The van der Waals surface area contributed by atoms with Gasteiger partial charge in [-0.15, -0.1) is 0 Å². The van der Waals surface area contributed by atoms with Crippen LogP contribution in [0, 0.1) is 0 Å². The summed E-state index contributed by atoms with van der Waals surface area (Å²) >= 11 is 0. The van der Waals surface area contributed by atoms with Crippen LogP contribution in [0.4, 0.5) is 4.79 Å². The number of esters is 2. The summed E-state index contributed by atoms with van der Waals surface area (Å²) in [5.74, 6) is -0.548. The quantitative estimate of drug-likeness (QED) is 0.0822. The number of carbonyl (C=O) groups excluding carboxylic acids is 4. The summed E-state index contributed by atoms with van der Waals surface area (Å²) in [7, 11) is 3.01. The number of alkyl carbamates (subject to hydrolysis) is 1. The summed E-state index contributed by atoms with van der Waals surface area (Å²) in [6.07, 6.45) is -1.58. The van der Waals surface area contributed by atoms with Gasteiger partial charge in [0, 0.05) is 29.4 Å². The van der Waals surface area contributed by atoms with Crippen molar-refractivity contribution in [3.05, 3.63) is 142 Å². The molecule has 0 aromatic heterocycles. The first-order chi connectivity index (χ1) is 30.2. The Kier molecular flexibility index (Phi) is 12.2. The Balaban J connectivity index is 1.12. The van der Waals surface area contributed by atoms with E-state index in [-0.39, 0.29) is 39.0 Å². The van der Waals surface area contributed by atoms with Crippen LogP contribution in [0.2, 0.25) is 0 Å². The Morgan fingerprint density at radius 1 is 0.758 bits per heavy atom. The molecule has 7 rings (SSSR count). The average Bonchev–Trinajstić information content (AvgIpc) is 3.60. The van der Waals surface area contributed by atoms with Gasteiger partial charge in [-0.2, -0.15) is 0 Å². The van der Waals surface area contributed by atoms with E-state index in [0.29, 0.717) is 34.1 Å². The normalized spacial score (nSPS) is 14.0. The third kappa shape index (κ3) is 9.24. The standard InChI is InChI=1S/C50H52N2O10/c1-49(2,3)62-44(54)26-40(52-48(56)60-29-37-33-19-13-11-17-31(33)32-18-12-14-20-34(32)37)47(55)51-27-36-42(58-7)24-22-39-46(36)61-45-35(41(57-6)23-21-38(45)50(39,4)5)25-43(53)59-28-30-15-9-8-10-16-30/h8-24,37,40H,25-29H2,1-7H3,(H,51,55)(H,52,56)/t40-/m0/s1/i1D. The highest BCUT2D eigenvalue weighted by molar-refractivity contribution is 5.90. The molecular formula is C50H52N2O10. The van der Waals surface area contributed by atoms with Crippen LogP contribution in [0.1, 0.15) is 87.2 Å². The molecule has 2 N–H and O–H groups in total. The van der Waals surface area contributed by atoms with Gasteiger partial charge in [0.05, 0.1) is 39.2 Å². The second-order valence-corrected chi connectivity index (χ2v) is 16.5. The first kappa shape index (κ1) is 41.9. The molecular weight excluding hydrogens is 789 g/mol. The Bertz CT molecular complexity index is 2480. The molecule has 5 aromatic carbocycles. The van der Waals surface area contributed by atoms with Crippen molar-refractivity contribution in [1.82, 2.24) is 10.6 Å². The van der Waals surface area contributed by atoms with Gasteiger partial charge in [-0.1, -0.05) is 105 Å². The Morgan fingerprint density at radius 2 is 1.34 bits per heavy atom. The van der Waals surface area contributed by atoms with Crippen LogP contribution in [-0.4, -0.2) is 56.4 Å². The van der Waals surface area contributed by atoms with Gasteiger partial charge in [-0.25, -0.2) is 4.79 Å². The van der Waals surface area contributed by atoms with Crippen LogP contribution in [0.5, 0.6) is 23.0 Å². The lowest BCUT2D eigenvalue weighted by atomic mass is 9.74. The minimum atomic E-state index is -1.42. The van der Waals surface area contributed by atoms with Gasteiger partial charge in [0.2, 0.25) is 5.91 Å². The molecule has 12 heteroatoms. The number of benzene rings is 5. The molecule has 1 atom stereocenters. The third-order valence-corrected chi connectivity index (χ3v) is 11.1. The topological polar surface area (TPSA) is 148 Å². The average molecular weight is 842 g/mol. The van der Waals surface area contributed by atoms with Crippen LogP contribution in [0.15, 0.2) is 103 Å². The van der Waals surface area contributed by atoms with Crippen molar-refractivity contribution in [2.45, 2.75) is 83.6 Å². The lowest BCUT2D eigenvalue weighted by Crippen LogP contribution is -2.48. The van der Waals surface area contributed by atoms with Gasteiger partial charge in [-0.05, 0) is 60.7 Å². The lowest BCUT2D eigenvalue weighted by Gasteiger charge is -2.37.